The minimum Gasteiger partial charge on any atom is -0.336 e. The number of rotatable bonds is 8. The lowest BCUT2D eigenvalue weighted by Gasteiger charge is -2.33. The first-order chi connectivity index (χ1) is 16.4. The van der Waals surface area contributed by atoms with Crippen LogP contribution in [0.25, 0.3) is 0 Å². The molecule has 2 fully saturated rings. The summed E-state index contributed by atoms with van der Waals surface area (Å²) >= 11 is 9.15. The molecule has 2 amide bonds. The first-order valence-corrected chi connectivity index (χ1v) is 12.8. The molecule has 2 aromatic carbocycles. The molecule has 180 valence electrons. The minimum absolute atomic E-state index is 0.0485. The van der Waals surface area contributed by atoms with E-state index in [-0.39, 0.29) is 18.2 Å². The molecule has 2 heterocycles. The molecule has 0 bridgehead atoms. The summed E-state index contributed by atoms with van der Waals surface area (Å²) in [6.07, 6.45) is 0.928. The van der Waals surface area contributed by atoms with Gasteiger partial charge in [0.15, 0.2) is 5.11 Å². The summed E-state index contributed by atoms with van der Waals surface area (Å²) in [5, 5.41) is 3.37. The van der Waals surface area contributed by atoms with Crippen LogP contribution in [-0.2, 0) is 9.59 Å². The zero-order chi connectivity index (χ0) is 24.1. The number of carbonyl (C=O) groups is 2. The standard InChI is InChI=1S/C25H30BrN5O2S/c1-28-14-16-29(17-15-28)12-5-13-30-22(18-23(32)27-20-10-8-19(26)9-11-20)24(33)31(25(30)34)21-6-3-2-4-7-21/h2-4,6-11,22H,5,12-18H2,1H3,(H,27,32). The number of thiocarbonyl (C=S) groups is 1. The maximum absolute atomic E-state index is 13.5. The minimum atomic E-state index is -0.615. The van der Waals surface area contributed by atoms with Crippen molar-refractivity contribution in [2.24, 2.45) is 0 Å². The molecule has 9 heteroatoms. The highest BCUT2D eigenvalue weighted by Crippen LogP contribution is 2.27. The van der Waals surface area contributed by atoms with Crippen LogP contribution in [0, 0.1) is 0 Å². The van der Waals surface area contributed by atoms with Gasteiger partial charge in [0.05, 0.1) is 12.1 Å². The van der Waals surface area contributed by atoms with Crippen LogP contribution < -0.4 is 10.2 Å². The Balaban J connectivity index is 1.44. The van der Waals surface area contributed by atoms with Gasteiger partial charge in [0.2, 0.25) is 5.91 Å². The molecule has 0 saturated carbocycles. The largest absolute Gasteiger partial charge is 0.336 e. The molecular formula is C25H30BrN5O2S. The Bertz CT molecular complexity index is 1010. The van der Waals surface area contributed by atoms with Gasteiger partial charge in [0, 0.05) is 42.9 Å². The third-order valence-corrected chi connectivity index (χ3v) is 7.25. The van der Waals surface area contributed by atoms with Crippen LogP contribution >= 0.6 is 28.1 Å². The number of benzene rings is 2. The summed E-state index contributed by atoms with van der Waals surface area (Å²) in [4.78, 5) is 34.6. The van der Waals surface area contributed by atoms with Crippen molar-refractivity contribution in [3.63, 3.8) is 0 Å². The summed E-state index contributed by atoms with van der Waals surface area (Å²) in [5.41, 5.74) is 1.43. The average Bonchev–Trinajstić information content (AvgIpc) is 3.06. The second kappa shape index (κ2) is 11.4. The first kappa shape index (κ1) is 24.8. The Morgan fingerprint density at radius 3 is 2.38 bits per heavy atom. The number of hydrogen-bond donors (Lipinski definition) is 1. The summed E-state index contributed by atoms with van der Waals surface area (Å²) in [7, 11) is 2.15. The fraction of sp³-hybridized carbons (Fsp3) is 0.400. The van der Waals surface area contributed by atoms with E-state index in [1.54, 1.807) is 4.90 Å². The maximum atomic E-state index is 13.5. The van der Waals surface area contributed by atoms with Gasteiger partial charge in [-0.2, -0.15) is 0 Å². The summed E-state index contributed by atoms with van der Waals surface area (Å²) < 4.78 is 0.937. The molecule has 2 aliphatic heterocycles. The van der Waals surface area contributed by atoms with E-state index < -0.39 is 6.04 Å². The van der Waals surface area contributed by atoms with E-state index in [1.807, 2.05) is 59.5 Å². The van der Waals surface area contributed by atoms with Crippen molar-refractivity contribution < 1.29 is 9.59 Å². The van der Waals surface area contributed by atoms with Gasteiger partial charge in [0.1, 0.15) is 6.04 Å². The third kappa shape index (κ3) is 6.02. The van der Waals surface area contributed by atoms with E-state index in [1.165, 1.54) is 0 Å². The first-order valence-electron chi connectivity index (χ1n) is 11.6. The molecule has 2 aromatic rings. The number of likely N-dealkylation sites (N-methyl/N-ethyl adjacent to an activating group) is 1. The Labute approximate surface area is 214 Å². The Hall–Kier alpha value is -2.33. The van der Waals surface area contributed by atoms with Crippen LogP contribution in [0.3, 0.4) is 0 Å². The number of nitrogens with one attached hydrogen (secondary N) is 1. The molecule has 0 spiro atoms. The molecule has 1 atom stereocenters. The number of piperazine rings is 1. The summed E-state index contributed by atoms with van der Waals surface area (Å²) in [5.74, 6) is -0.357. The lowest BCUT2D eigenvalue weighted by atomic mass is 10.1. The van der Waals surface area contributed by atoms with E-state index in [0.717, 1.165) is 49.3 Å². The molecule has 7 nitrogen and oxygen atoms in total. The second-order valence-electron chi connectivity index (χ2n) is 8.76. The van der Waals surface area contributed by atoms with Crippen molar-refractivity contribution in [3.8, 4) is 0 Å². The zero-order valence-electron chi connectivity index (χ0n) is 19.3. The number of halogens is 1. The SMILES string of the molecule is CN1CCN(CCCN2C(=S)N(c3ccccc3)C(=O)C2CC(=O)Nc2ccc(Br)cc2)CC1. The van der Waals surface area contributed by atoms with Gasteiger partial charge < -0.3 is 20.0 Å². The molecule has 0 aliphatic carbocycles. The number of carbonyl (C=O) groups excluding carboxylic acids is 2. The molecule has 2 saturated heterocycles. The van der Waals surface area contributed by atoms with Crippen molar-refractivity contribution in [2.75, 3.05) is 56.5 Å². The van der Waals surface area contributed by atoms with Gasteiger partial charge in [-0.05, 0) is 68.6 Å². The van der Waals surface area contributed by atoms with Gasteiger partial charge in [0.25, 0.3) is 5.91 Å². The summed E-state index contributed by atoms with van der Waals surface area (Å²) in [6, 6.07) is 16.2. The van der Waals surface area contributed by atoms with Gasteiger partial charge >= 0.3 is 0 Å². The van der Waals surface area contributed by atoms with E-state index in [9.17, 15) is 9.59 Å². The summed E-state index contributed by atoms with van der Waals surface area (Å²) in [6.45, 7) is 5.83. The number of anilines is 2. The van der Waals surface area contributed by atoms with Gasteiger partial charge in [-0.25, -0.2) is 0 Å². The number of para-hydroxylation sites is 1. The fourth-order valence-electron chi connectivity index (χ4n) is 4.36. The van der Waals surface area contributed by atoms with Crippen molar-refractivity contribution in [1.29, 1.82) is 0 Å². The highest BCUT2D eigenvalue weighted by Gasteiger charge is 2.43. The average molecular weight is 545 g/mol. The quantitative estimate of drug-likeness (QED) is 0.515. The Morgan fingerprint density at radius 1 is 1.03 bits per heavy atom. The molecular weight excluding hydrogens is 514 g/mol. The predicted octanol–water partition coefficient (Wildman–Crippen LogP) is 3.42. The van der Waals surface area contributed by atoms with Crippen LogP contribution in [0.15, 0.2) is 59.1 Å². The maximum Gasteiger partial charge on any atom is 0.256 e. The van der Waals surface area contributed by atoms with Gasteiger partial charge in [-0.3, -0.25) is 14.5 Å². The third-order valence-electron chi connectivity index (χ3n) is 6.31. The van der Waals surface area contributed by atoms with E-state index in [4.69, 9.17) is 12.2 Å². The number of amides is 2. The number of hydrogen-bond acceptors (Lipinski definition) is 5. The van der Waals surface area contributed by atoms with E-state index in [2.05, 4.69) is 38.1 Å². The van der Waals surface area contributed by atoms with Crippen molar-refractivity contribution >= 4 is 56.4 Å². The molecule has 2 aliphatic rings. The molecule has 1 unspecified atom stereocenters. The van der Waals surface area contributed by atoms with Crippen LogP contribution in [0.2, 0.25) is 0 Å². The van der Waals surface area contributed by atoms with Crippen LogP contribution in [-0.4, -0.2) is 84.0 Å². The van der Waals surface area contributed by atoms with E-state index >= 15 is 0 Å². The smallest absolute Gasteiger partial charge is 0.256 e. The van der Waals surface area contributed by atoms with E-state index in [0.29, 0.717) is 17.3 Å². The van der Waals surface area contributed by atoms with Crippen LogP contribution in [0.5, 0.6) is 0 Å². The zero-order valence-corrected chi connectivity index (χ0v) is 21.7. The van der Waals surface area contributed by atoms with Gasteiger partial charge in [-0.1, -0.05) is 34.1 Å². The van der Waals surface area contributed by atoms with Crippen LogP contribution in [0.1, 0.15) is 12.8 Å². The fourth-order valence-corrected chi connectivity index (χ4v) is 5.04. The molecule has 0 radical (unpaired) electrons. The van der Waals surface area contributed by atoms with Crippen molar-refractivity contribution in [1.82, 2.24) is 14.7 Å². The lowest BCUT2D eigenvalue weighted by Crippen LogP contribution is -2.45. The van der Waals surface area contributed by atoms with Gasteiger partial charge in [-0.15, -0.1) is 0 Å². The van der Waals surface area contributed by atoms with Crippen molar-refractivity contribution in [3.05, 3.63) is 59.1 Å². The molecule has 34 heavy (non-hydrogen) atoms. The second-order valence-corrected chi connectivity index (χ2v) is 10.0. The van der Waals surface area contributed by atoms with Crippen LogP contribution in [0.4, 0.5) is 11.4 Å². The highest BCUT2D eigenvalue weighted by molar-refractivity contribution is 9.10. The highest BCUT2D eigenvalue weighted by atomic mass is 79.9. The monoisotopic (exact) mass is 543 g/mol. The van der Waals surface area contributed by atoms with Crippen molar-refractivity contribution in [2.45, 2.75) is 18.9 Å². The molecule has 4 rings (SSSR count). The molecule has 0 aromatic heterocycles. The molecule has 1 N–H and O–H groups in total. The lowest BCUT2D eigenvalue weighted by molar-refractivity contribution is -0.124. The predicted molar refractivity (Wildman–Crippen MR) is 143 cm³/mol. The topological polar surface area (TPSA) is 59.1 Å². The normalized spacial score (nSPS) is 19.6. The number of nitrogens with zero attached hydrogens (tertiary/aromatic N) is 4. The Kier molecular flexibility index (Phi) is 8.31. The Morgan fingerprint density at radius 2 is 1.71 bits per heavy atom.